The highest BCUT2D eigenvalue weighted by atomic mass is 16.3. The van der Waals surface area contributed by atoms with Crippen LogP contribution in [-0.2, 0) is 9.59 Å². The van der Waals surface area contributed by atoms with E-state index in [1.54, 1.807) is 0 Å². The first-order valence-corrected chi connectivity index (χ1v) is 9.14. The molecule has 2 amide bonds. The predicted octanol–water partition coefficient (Wildman–Crippen LogP) is 2.48. The van der Waals surface area contributed by atoms with Crippen molar-refractivity contribution in [3.8, 4) is 0 Å². The van der Waals surface area contributed by atoms with Gasteiger partial charge in [0.25, 0.3) is 0 Å². The van der Waals surface area contributed by atoms with Crippen LogP contribution in [-0.4, -0.2) is 36.6 Å². The molecule has 0 aromatic rings. The van der Waals surface area contributed by atoms with E-state index in [2.05, 4.69) is 38.3 Å². The Hall–Kier alpha value is -1.10. The van der Waals surface area contributed by atoms with E-state index in [0.717, 1.165) is 38.5 Å². The van der Waals surface area contributed by atoms with E-state index in [-0.39, 0.29) is 30.3 Å². The lowest BCUT2D eigenvalue weighted by Gasteiger charge is -2.20. The number of hydrogen-bond donors (Lipinski definition) is 3. The van der Waals surface area contributed by atoms with Crippen LogP contribution in [0.15, 0.2) is 0 Å². The minimum Gasteiger partial charge on any atom is -0.395 e. The van der Waals surface area contributed by atoms with Crippen molar-refractivity contribution in [2.75, 3.05) is 19.7 Å². The lowest BCUT2D eigenvalue weighted by atomic mass is 9.90. The van der Waals surface area contributed by atoms with Gasteiger partial charge in [-0.2, -0.15) is 0 Å². The van der Waals surface area contributed by atoms with Crippen LogP contribution < -0.4 is 10.6 Å². The van der Waals surface area contributed by atoms with Crippen molar-refractivity contribution >= 4 is 11.8 Å². The first-order chi connectivity index (χ1) is 11.0. The molecule has 5 heteroatoms. The largest absolute Gasteiger partial charge is 0.395 e. The Morgan fingerprint density at radius 3 is 2.04 bits per heavy atom. The van der Waals surface area contributed by atoms with Crippen molar-refractivity contribution in [1.82, 2.24) is 10.6 Å². The quantitative estimate of drug-likeness (QED) is 0.455. The fourth-order valence-electron chi connectivity index (χ4n) is 2.85. The lowest BCUT2D eigenvalue weighted by Crippen LogP contribution is -2.35. The molecule has 0 radical (unpaired) electrons. The summed E-state index contributed by atoms with van der Waals surface area (Å²) in [6.45, 7) is 9.23. The summed E-state index contributed by atoms with van der Waals surface area (Å²) in [5, 5.41) is 14.5. The third kappa shape index (κ3) is 9.59. The maximum Gasteiger partial charge on any atom is 0.223 e. The molecular formula is C18H36N2O3. The van der Waals surface area contributed by atoms with Gasteiger partial charge in [-0.05, 0) is 31.6 Å². The zero-order valence-corrected chi connectivity index (χ0v) is 15.4. The predicted molar refractivity (Wildman–Crippen MR) is 94.0 cm³/mol. The summed E-state index contributed by atoms with van der Waals surface area (Å²) in [6, 6.07) is 0. The third-order valence-electron chi connectivity index (χ3n) is 4.19. The van der Waals surface area contributed by atoms with Crippen molar-refractivity contribution in [2.45, 2.75) is 66.2 Å². The van der Waals surface area contributed by atoms with Gasteiger partial charge in [-0.3, -0.25) is 9.59 Å². The number of rotatable bonds is 13. The molecule has 0 spiro atoms. The molecule has 0 bridgehead atoms. The summed E-state index contributed by atoms with van der Waals surface area (Å²) < 4.78 is 0. The van der Waals surface area contributed by atoms with Gasteiger partial charge in [-0.1, -0.05) is 40.5 Å². The van der Waals surface area contributed by atoms with Crippen molar-refractivity contribution < 1.29 is 14.7 Å². The van der Waals surface area contributed by atoms with Crippen LogP contribution >= 0.6 is 0 Å². The number of carbonyl (C=O) groups excluding carboxylic acids is 2. The Balaban J connectivity index is 4.18. The average Bonchev–Trinajstić information content (AvgIpc) is 2.52. The molecule has 0 heterocycles. The van der Waals surface area contributed by atoms with Gasteiger partial charge in [0.05, 0.1) is 6.61 Å². The molecule has 0 saturated heterocycles. The normalized spacial score (nSPS) is 13.7. The van der Waals surface area contributed by atoms with E-state index in [1.165, 1.54) is 0 Å². The van der Waals surface area contributed by atoms with Crippen molar-refractivity contribution in [1.29, 1.82) is 0 Å². The molecule has 23 heavy (non-hydrogen) atoms. The van der Waals surface area contributed by atoms with Crippen LogP contribution in [0.1, 0.15) is 66.2 Å². The minimum atomic E-state index is -0.0331. The monoisotopic (exact) mass is 328 g/mol. The van der Waals surface area contributed by atoms with Crippen LogP contribution in [0.5, 0.6) is 0 Å². The Kier molecular flexibility index (Phi) is 12.7. The smallest absolute Gasteiger partial charge is 0.223 e. The molecule has 0 aliphatic heterocycles. The summed E-state index contributed by atoms with van der Waals surface area (Å²) in [7, 11) is 0. The summed E-state index contributed by atoms with van der Waals surface area (Å²) in [5.74, 6) is 0.559. The number of carbonyl (C=O) groups is 2. The maximum absolute atomic E-state index is 12.2. The summed E-state index contributed by atoms with van der Waals surface area (Å²) in [5.41, 5.74) is 0. The molecule has 0 saturated carbocycles. The van der Waals surface area contributed by atoms with E-state index >= 15 is 0 Å². The van der Waals surface area contributed by atoms with Gasteiger partial charge in [0.15, 0.2) is 0 Å². The highest BCUT2D eigenvalue weighted by Gasteiger charge is 2.21. The van der Waals surface area contributed by atoms with Gasteiger partial charge >= 0.3 is 0 Å². The number of amides is 2. The van der Waals surface area contributed by atoms with Crippen LogP contribution in [0.3, 0.4) is 0 Å². The summed E-state index contributed by atoms with van der Waals surface area (Å²) in [6.07, 6.45) is 5.31. The fraction of sp³-hybridized carbons (Fsp3) is 0.889. The van der Waals surface area contributed by atoms with E-state index in [1.807, 2.05) is 0 Å². The topological polar surface area (TPSA) is 78.4 Å². The van der Waals surface area contributed by atoms with Gasteiger partial charge in [0.2, 0.25) is 11.8 Å². The Labute approximate surface area is 141 Å². The van der Waals surface area contributed by atoms with E-state index in [9.17, 15) is 9.59 Å². The van der Waals surface area contributed by atoms with Crippen LogP contribution in [0.2, 0.25) is 0 Å². The van der Waals surface area contributed by atoms with Crippen molar-refractivity contribution in [3.05, 3.63) is 0 Å². The van der Waals surface area contributed by atoms with E-state index in [0.29, 0.717) is 19.0 Å². The molecule has 2 atom stereocenters. The second kappa shape index (κ2) is 13.3. The molecule has 3 N–H and O–H groups in total. The number of hydrogen-bond acceptors (Lipinski definition) is 3. The molecule has 0 aromatic heterocycles. The molecule has 0 aromatic carbocycles. The van der Waals surface area contributed by atoms with Gasteiger partial charge in [0.1, 0.15) is 0 Å². The van der Waals surface area contributed by atoms with Gasteiger partial charge in [-0.25, -0.2) is 0 Å². The fourth-order valence-corrected chi connectivity index (χ4v) is 2.85. The SMILES string of the molecule is CCC[C@H](CCCNC(=O)[C@H](CCC)C(C)C)C(=O)NCCO. The Bertz CT molecular complexity index is 332. The van der Waals surface area contributed by atoms with Crippen molar-refractivity contribution in [2.24, 2.45) is 17.8 Å². The molecule has 5 nitrogen and oxygen atoms in total. The van der Waals surface area contributed by atoms with Crippen LogP contribution in [0.25, 0.3) is 0 Å². The average molecular weight is 328 g/mol. The van der Waals surface area contributed by atoms with E-state index < -0.39 is 0 Å². The molecule has 0 aliphatic carbocycles. The second-order valence-corrected chi connectivity index (χ2v) is 6.57. The second-order valence-electron chi connectivity index (χ2n) is 6.57. The zero-order chi connectivity index (χ0) is 17.7. The molecule has 136 valence electrons. The van der Waals surface area contributed by atoms with Gasteiger partial charge in [-0.15, -0.1) is 0 Å². The lowest BCUT2D eigenvalue weighted by molar-refractivity contribution is -0.126. The first kappa shape index (κ1) is 21.9. The highest BCUT2D eigenvalue weighted by molar-refractivity contribution is 5.79. The first-order valence-electron chi connectivity index (χ1n) is 9.14. The van der Waals surface area contributed by atoms with Gasteiger partial charge in [0, 0.05) is 24.9 Å². The highest BCUT2D eigenvalue weighted by Crippen LogP contribution is 2.17. The Morgan fingerprint density at radius 2 is 1.52 bits per heavy atom. The standard InChI is InChI=1S/C18H36N2O3/c1-5-8-15(17(22)20-12-13-21)10-7-11-19-18(23)16(9-6-2)14(3)4/h14-16,21H,5-13H2,1-4H3,(H,19,23)(H,20,22)/t15-,16-/m1/s1. The van der Waals surface area contributed by atoms with Crippen molar-refractivity contribution in [3.63, 3.8) is 0 Å². The summed E-state index contributed by atoms with van der Waals surface area (Å²) >= 11 is 0. The molecule has 0 rings (SSSR count). The van der Waals surface area contributed by atoms with Crippen LogP contribution in [0, 0.1) is 17.8 Å². The third-order valence-corrected chi connectivity index (χ3v) is 4.19. The van der Waals surface area contributed by atoms with Crippen LogP contribution in [0.4, 0.5) is 0 Å². The van der Waals surface area contributed by atoms with E-state index in [4.69, 9.17) is 5.11 Å². The molecule has 0 aliphatic rings. The summed E-state index contributed by atoms with van der Waals surface area (Å²) in [4.78, 5) is 24.2. The molecular weight excluding hydrogens is 292 g/mol. The maximum atomic E-state index is 12.2. The number of aliphatic hydroxyl groups excluding tert-OH is 1. The number of nitrogens with one attached hydrogen (secondary N) is 2. The molecule has 0 fully saturated rings. The zero-order valence-electron chi connectivity index (χ0n) is 15.4. The Morgan fingerprint density at radius 1 is 0.913 bits per heavy atom. The number of aliphatic hydroxyl groups is 1. The minimum absolute atomic E-state index is 0.0123. The van der Waals surface area contributed by atoms with Gasteiger partial charge < -0.3 is 15.7 Å². The molecule has 0 unspecified atom stereocenters.